The Balaban J connectivity index is 1.35. The van der Waals surface area contributed by atoms with E-state index >= 15 is 0 Å². The number of pyridine rings is 1. The molecule has 0 aliphatic carbocycles. The number of rotatable bonds is 4. The van der Waals surface area contributed by atoms with Gasteiger partial charge < -0.3 is 15.1 Å². The average molecular weight is 372 g/mol. The van der Waals surface area contributed by atoms with E-state index < -0.39 is 0 Å². The van der Waals surface area contributed by atoms with Crippen molar-refractivity contribution in [2.24, 2.45) is 0 Å². The Kier molecular flexibility index (Phi) is 5.24. The number of anilines is 3. The van der Waals surface area contributed by atoms with Gasteiger partial charge in [-0.25, -0.2) is 4.98 Å². The maximum Gasteiger partial charge on any atom is 0.255 e. The number of hydrogen-bond acceptors (Lipinski definition) is 4. The Bertz CT molecular complexity index is 932. The number of nitrogens with zero attached hydrogens (tertiary/aromatic N) is 3. The molecule has 3 aromatic rings. The molecule has 0 unspecified atom stereocenters. The molecule has 5 nitrogen and oxygen atoms in total. The van der Waals surface area contributed by atoms with E-state index in [1.54, 1.807) is 6.20 Å². The second kappa shape index (κ2) is 8.13. The quantitative estimate of drug-likeness (QED) is 0.753. The summed E-state index contributed by atoms with van der Waals surface area (Å²) in [6.07, 6.45) is 1.73. The van der Waals surface area contributed by atoms with Crippen molar-refractivity contribution in [3.63, 3.8) is 0 Å². The van der Waals surface area contributed by atoms with Crippen LogP contribution in [0.4, 0.5) is 17.2 Å². The van der Waals surface area contributed by atoms with Crippen molar-refractivity contribution >= 4 is 23.1 Å². The molecule has 0 spiro atoms. The molecule has 0 atom stereocenters. The summed E-state index contributed by atoms with van der Waals surface area (Å²) in [6, 6.07) is 22.0. The molecule has 4 rings (SSSR count). The van der Waals surface area contributed by atoms with E-state index in [1.165, 1.54) is 5.69 Å². The van der Waals surface area contributed by atoms with Crippen molar-refractivity contribution in [2.75, 3.05) is 41.3 Å². The van der Waals surface area contributed by atoms with Gasteiger partial charge in [0.15, 0.2) is 0 Å². The summed E-state index contributed by atoms with van der Waals surface area (Å²) in [6.45, 7) is 5.77. The fraction of sp³-hybridized carbons (Fsp3) is 0.217. The Morgan fingerprint density at radius 3 is 2.32 bits per heavy atom. The second-order valence-corrected chi connectivity index (χ2v) is 7.04. The average Bonchev–Trinajstić information content (AvgIpc) is 2.75. The molecule has 1 fully saturated rings. The molecule has 1 N–H and O–H groups in total. The molecule has 0 radical (unpaired) electrons. The Hall–Kier alpha value is -3.34. The van der Waals surface area contributed by atoms with Crippen LogP contribution in [0, 0.1) is 6.92 Å². The minimum absolute atomic E-state index is 0.116. The molecular formula is C23H24N4O. The molecule has 2 heterocycles. The molecule has 0 bridgehead atoms. The number of amides is 1. The number of piperazine rings is 1. The van der Waals surface area contributed by atoms with Gasteiger partial charge >= 0.3 is 0 Å². The normalized spacial score (nSPS) is 14.0. The number of carbonyl (C=O) groups is 1. The Labute approximate surface area is 165 Å². The molecule has 1 aliphatic heterocycles. The number of benzene rings is 2. The molecule has 1 saturated heterocycles. The number of nitrogens with one attached hydrogen (secondary N) is 1. The van der Waals surface area contributed by atoms with Gasteiger partial charge in [-0.2, -0.15) is 0 Å². The summed E-state index contributed by atoms with van der Waals surface area (Å²) in [5, 5.41) is 2.92. The second-order valence-electron chi connectivity index (χ2n) is 7.04. The van der Waals surface area contributed by atoms with Crippen LogP contribution >= 0.6 is 0 Å². The van der Waals surface area contributed by atoms with Crippen LogP contribution in [0.2, 0.25) is 0 Å². The van der Waals surface area contributed by atoms with E-state index in [0.717, 1.165) is 37.6 Å². The highest BCUT2D eigenvalue weighted by atomic mass is 16.1. The predicted octanol–water partition coefficient (Wildman–Crippen LogP) is 3.97. The third-order valence-electron chi connectivity index (χ3n) is 5.01. The standard InChI is InChI=1S/C23H24N4O/c1-18-6-5-7-19(16-18)23(28)25-20-10-11-22(24-17-20)27-14-12-26(13-15-27)21-8-3-2-4-9-21/h2-11,16-17H,12-15H2,1H3,(H,25,28). The minimum atomic E-state index is -0.116. The summed E-state index contributed by atoms with van der Waals surface area (Å²) < 4.78 is 0. The van der Waals surface area contributed by atoms with E-state index in [1.807, 2.05) is 49.4 Å². The van der Waals surface area contributed by atoms with Gasteiger partial charge in [0.25, 0.3) is 5.91 Å². The SMILES string of the molecule is Cc1cccc(C(=O)Nc2ccc(N3CCN(c4ccccc4)CC3)nc2)c1. The first-order valence-corrected chi connectivity index (χ1v) is 9.58. The highest BCUT2D eigenvalue weighted by molar-refractivity contribution is 6.04. The number of hydrogen-bond donors (Lipinski definition) is 1. The molecule has 0 saturated carbocycles. The van der Waals surface area contributed by atoms with Crippen molar-refractivity contribution in [2.45, 2.75) is 6.92 Å². The van der Waals surface area contributed by atoms with Crippen molar-refractivity contribution in [1.82, 2.24) is 4.98 Å². The molecule has 28 heavy (non-hydrogen) atoms. The van der Waals surface area contributed by atoms with Crippen molar-refractivity contribution in [1.29, 1.82) is 0 Å². The van der Waals surface area contributed by atoms with Gasteiger partial charge in [-0.05, 0) is 43.3 Å². The fourth-order valence-corrected chi connectivity index (χ4v) is 3.47. The number of aryl methyl sites for hydroxylation is 1. The van der Waals surface area contributed by atoms with Crippen LogP contribution in [0.3, 0.4) is 0 Å². The zero-order chi connectivity index (χ0) is 19.3. The largest absolute Gasteiger partial charge is 0.368 e. The van der Waals surface area contributed by atoms with Gasteiger partial charge in [-0.3, -0.25) is 4.79 Å². The lowest BCUT2D eigenvalue weighted by atomic mass is 10.1. The monoisotopic (exact) mass is 372 g/mol. The van der Waals surface area contributed by atoms with Crippen LogP contribution in [0.25, 0.3) is 0 Å². The van der Waals surface area contributed by atoms with Crippen molar-refractivity contribution in [3.8, 4) is 0 Å². The maximum absolute atomic E-state index is 12.4. The summed E-state index contributed by atoms with van der Waals surface area (Å²) in [4.78, 5) is 21.6. The first kappa shape index (κ1) is 18.0. The van der Waals surface area contributed by atoms with Gasteiger partial charge in [-0.15, -0.1) is 0 Å². The maximum atomic E-state index is 12.4. The third kappa shape index (κ3) is 4.14. The first-order chi connectivity index (χ1) is 13.7. The summed E-state index contributed by atoms with van der Waals surface area (Å²) in [7, 11) is 0. The van der Waals surface area contributed by atoms with Gasteiger partial charge in [0.2, 0.25) is 0 Å². The smallest absolute Gasteiger partial charge is 0.255 e. The van der Waals surface area contributed by atoms with E-state index in [0.29, 0.717) is 11.3 Å². The lowest BCUT2D eigenvalue weighted by molar-refractivity contribution is 0.102. The minimum Gasteiger partial charge on any atom is -0.368 e. The summed E-state index contributed by atoms with van der Waals surface area (Å²) >= 11 is 0. The van der Waals surface area contributed by atoms with E-state index in [-0.39, 0.29) is 5.91 Å². The highest BCUT2D eigenvalue weighted by Gasteiger charge is 2.18. The number of carbonyl (C=O) groups excluding carboxylic acids is 1. The highest BCUT2D eigenvalue weighted by Crippen LogP contribution is 2.20. The van der Waals surface area contributed by atoms with Crippen LogP contribution in [-0.2, 0) is 0 Å². The van der Waals surface area contributed by atoms with Gasteiger partial charge in [0.1, 0.15) is 5.82 Å². The summed E-state index contributed by atoms with van der Waals surface area (Å²) in [5.74, 6) is 0.830. The first-order valence-electron chi connectivity index (χ1n) is 9.58. The lowest BCUT2D eigenvalue weighted by Gasteiger charge is -2.36. The van der Waals surface area contributed by atoms with Crippen LogP contribution in [-0.4, -0.2) is 37.1 Å². The zero-order valence-electron chi connectivity index (χ0n) is 16.0. The Morgan fingerprint density at radius 2 is 1.64 bits per heavy atom. The Morgan fingerprint density at radius 1 is 0.893 bits per heavy atom. The van der Waals surface area contributed by atoms with Crippen LogP contribution in [0.5, 0.6) is 0 Å². The molecule has 142 valence electrons. The number of aromatic nitrogens is 1. The molecule has 1 aromatic heterocycles. The molecular weight excluding hydrogens is 348 g/mol. The van der Waals surface area contributed by atoms with E-state index in [9.17, 15) is 4.79 Å². The zero-order valence-corrected chi connectivity index (χ0v) is 16.0. The summed E-state index contributed by atoms with van der Waals surface area (Å²) in [5.41, 5.74) is 3.69. The van der Waals surface area contributed by atoms with Crippen LogP contribution in [0.1, 0.15) is 15.9 Å². The molecule has 1 aliphatic rings. The third-order valence-corrected chi connectivity index (χ3v) is 5.01. The number of para-hydroxylation sites is 1. The van der Waals surface area contributed by atoms with Crippen molar-refractivity contribution < 1.29 is 4.79 Å². The topological polar surface area (TPSA) is 48.5 Å². The van der Waals surface area contributed by atoms with E-state index in [4.69, 9.17) is 0 Å². The van der Waals surface area contributed by atoms with Crippen LogP contribution < -0.4 is 15.1 Å². The van der Waals surface area contributed by atoms with Crippen molar-refractivity contribution in [3.05, 3.63) is 84.1 Å². The van der Waals surface area contributed by atoms with E-state index in [2.05, 4.69) is 44.4 Å². The van der Waals surface area contributed by atoms with Gasteiger partial charge in [-0.1, -0.05) is 35.9 Å². The van der Waals surface area contributed by atoms with Gasteiger partial charge in [0.05, 0.1) is 11.9 Å². The van der Waals surface area contributed by atoms with Gasteiger partial charge in [0, 0.05) is 37.4 Å². The molecule has 1 amide bonds. The molecule has 2 aromatic carbocycles. The lowest BCUT2D eigenvalue weighted by Crippen LogP contribution is -2.46. The molecule has 5 heteroatoms. The predicted molar refractivity (Wildman–Crippen MR) is 114 cm³/mol. The fourth-order valence-electron chi connectivity index (χ4n) is 3.47. The van der Waals surface area contributed by atoms with Crippen LogP contribution in [0.15, 0.2) is 72.9 Å².